The summed E-state index contributed by atoms with van der Waals surface area (Å²) in [5, 5.41) is 11.9. The van der Waals surface area contributed by atoms with Gasteiger partial charge in [0.15, 0.2) is 11.5 Å². The average molecular weight is 549 g/mol. The van der Waals surface area contributed by atoms with Crippen LogP contribution in [-0.2, 0) is 6.54 Å². The second kappa shape index (κ2) is 11.0. The van der Waals surface area contributed by atoms with Crippen molar-refractivity contribution in [2.24, 2.45) is 0 Å². The number of thiophene rings is 1. The Bertz CT molecular complexity index is 1220. The SMILES string of the molecule is CC(C)N1CCC(NC(=O)c2cc(C(=O)N3CCSC3)nn2Cc2cc(-c3ccc(Cl)s3)on2)CC1. The third-order valence-electron chi connectivity index (χ3n) is 6.55. The lowest BCUT2D eigenvalue weighted by Gasteiger charge is -2.34. The number of carbonyl (C=O) groups excluding carboxylic acids is 2. The molecule has 9 nitrogen and oxygen atoms in total. The van der Waals surface area contributed by atoms with E-state index in [0.29, 0.717) is 39.9 Å². The van der Waals surface area contributed by atoms with Gasteiger partial charge in [-0.05, 0) is 38.8 Å². The molecular weight excluding hydrogens is 520 g/mol. The maximum absolute atomic E-state index is 13.4. The van der Waals surface area contributed by atoms with Crippen molar-refractivity contribution in [3.63, 3.8) is 0 Å². The molecule has 5 heterocycles. The molecule has 1 N–H and O–H groups in total. The minimum atomic E-state index is -0.228. The van der Waals surface area contributed by atoms with Gasteiger partial charge in [-0.2, -0.15) is 5.10 Å². The van der Waals surface area contributed by atoms with Crippen molar-refractivity contribution in [1.82, 2.24) is 30.1 Å². The Morgan fingerprint density at radius 1 is 1.22 bits per heavy atom. The molecule has 0 spiro atoms. The topological polar surface area (TPSA) is 96.5 Å². The normalized spacial score (nSPS) is 17.3. The van der Waals surface area contributed by atoms with Crippen LogP contribution >= 0.6 is 34.7 Å². The highest BCUT2D eigenvalue weighted by molar-refractivity contribution is 7.99. The van der Waals surface area contributed by atoms with E-state index >= 15 is 0 Å². The van der Waals surface area contributed by atoms with Gasteiger partial charge >= 0.3 is 0 Å². The largest absolute Gasteiger partial charge is 0.355 e. The van der Waals surface area contributed by atoms with Crippen LogP contribution < -0.4 is 5.32 Å². The summed E-state index contributed by atoms with van der Waals surface area (Å²) in [5.74, 6) is 1.75. The molecular formula is C24H29ClN6O3S2. The Hall–Kier alpha value is -2.34. The number of rotatable bonds is 7. The van der Waals surface area contributed by atoms with Gasteiger partial charge < -0.3 is 19.6 Å². The summed E-state index contributed by atoms with van der Waals surface area (Å²) >= 11 is 9.16. The van der Waals surface area contributed by atoms with Crippen molar-refractivity contribution in [3.8, 4) is 10.6 Å². The van der Waals surface area contributed by atoms with Crippen LogP contribution in [0.25, 0.3) is 10.6 Å². The predicted octanol–water partition coefficient (Wildman–Crippen LogP) is 4.05. The van der Waals surface area contributed by atoms with Gasteiger partial charge in [-0.25, -0.2) is 0 Å². The number of amides is 2. The molecule has 0 atom stereocenters. The first-order chi connectivity index (χ1) is 17.4. The van der Waals surface area contributed by atoms with Crippen molar-refractivity contribution in [3.05, 3.63) is 45.7 Å². The number of aromatic nitrogens is 3. The molecule has 0 aliphatic carbocycles. The van der Waals surface area contributed by atoms with Crippen LogP contribution in [0.5, 0.6) is 0 Å². The minimum Gasteiger partial charge on any atom is -0.355 e. The molecule has 0 radical (unpaired) electrons. The zero-order valence-corrected chi connectivity index (χ0v) is 22.7. The lowest BCUT2D eigenvalue weighted by molar-refractivity contribution is 0.0795. The number of nitrogens with zero attached hydrogens (tertiary/aromatic N) is 5. The second-order valence-corrected chi connectivity index (χ2v) is 12.1. The Morgan fingerprint density at radius 2 is 2.03 bits per heavy atom. The van der Waals surface area contributed by atoms with Crippen molar-refractivity contribution in [2.45, 2.75) is 45.3 Å². The average Bonchev–Trinajstić information content (AvgIpc) is 3.66. The van der Waals surface area contributed by atoms with E-state index in [1.54, 1.807) is 33.5 Å². The van der Waals surface area contributed by atoms with Gasteiger partial charge in [0, 0.05) is 49.6 Å². The van der Waals surface area contributed by atoms with Gasteiger partial charge in [0.25, 0.3) is 11.8 Å². The van der Waals surface area contributed by atoms with Crippen LogP contribution in [-0.4, -0.2) is 79.9 Å². The molecule has 12 heteroatoms. The fraction of sp³-hybridized carbons (Fsp3) is 0.500. The van der Waals surface area contributed by atoms with E-state index in [4.69, 9.17) is 16.1 Å². The van der Waals surface area contributed by atoms with Crippen LogP contribution in [0.3, 0.4) is 0 Å². The van der Waals surface area contributed by atoms with Crippen molar-refractivity contribution >= 4 is 46.5 Å². The minimum absolute atomic E-state index is 0.0900. The molecule has 2 amide bonds. The molecule has 2 aliphatic rings. The second-order valence-electron chi connectivity index (χ2n) is 9.34. The molecule has 5 rings (SSSR count). The van der Waals surface area contributed by atoms with Crippen molar-refractivity contribution in [1.29, 1.82) is 0 Å². The van der Waals surface area contributed by atoms with Gasteiger partial charge in [0.1, 0.15) is 11.4 Å². The van der Waals surface area contributed by atoms with E-state index in [-0.39, 0.29) is 30.1 Å². The molecule has 0 saturated carbocycles. The third-order valence-corrected chi connectivity index (χ3v) is 8.76. The lowest BCUT2D eigenvalue weighted by atomic mass is 10.0. The zero-order valence-electron chi connectivity index (χ0n) is 20.3. The Morgan fingerprint density at radius 3 is 2.69 bits per heavy atom. The monoisotopic (exact) mass is 548 g/mol. The number of carbonyl (C=O) groups is 2. The molecule has 0 unspecified atom stereocenters. The number of thioether (sulfide) groups is 1. The first kappa shape index (κ1) is 25.3. The predicted molar refractivity (Wildman–Crippen MR) is 142 cm³/mol. The summed E-state index contributed by atoms with van der Waals surface area (Å²) in [6.45, 7) is 7.18. The third kappa shape index (κ3) is 5.64. The molecule has 0 aromatic carbocycles. The van der Waals surface area contributed by atoms with E-state index in [0.717, 1.165) is 36.6 Å². The van der Waals surface area contributed by atoms with E-state index in [1.165, 1.54) is 11.3 Å². The standard InChI is InChI=1S/C24H29ClN6O3S2/c1-15(2)29-7-5-16(6-8-29)26-23(32)19-12-18(24(33)30-9-10-35-14-30)27-31(19)13-17-11-20(34-28-17)21-3-4-22(25)36-21/h3-4,11-12,15-16H,5-10,13-14H2,1-2H3,(H,26,32). The number of halogens is 1. The Kier molecular flexibility index (Phi) is 7.71. The van der Waals surface area contributed by atoms with E-state index in [1.807, 2.05) is 12.1 Å². The molecule has 3 aromatic heterocycles. The summed E-state index contributed by atoms with van der Waals surface area (Å²) < 4.78 is 7.72. The van der Waals surface area contributed by atoms with Crippen LogP contribution in [0, 0.1) is 0 Å². The smallest absolute Gasteiger partial charge is 0.275 e. The molecule has 2 fully saturated rings. The molecule has 0 bridgehead atoms. The molecule has 3 aromatic rings. The maximum Gasteiger partial charge on any atom is 0.275 e. The van der Waals surface area contributed by atoms with Crippen molar-refractivity contribution in [2.75, 3.05) is 31.3 Å². The summed E-state index contributed by atoms with van der Waals surface area (Å²) in [6.07, 6.45) is 1.79. The summed E-state index contributed by atoms with van der Waals surface area (Å²) in [4.78, 5) is 31.4. The molecule has 36 heavy (non-hydrogen) atoms. The zero-order chi connectivity index (χ0) is 25.2. The van der Waals surface area contributed by atoms with E-state index in [9.17, 15) is 9.59 Å². The van der Waals surface area contributed by atoms with Gasteiger partial charge in [-0.1, -0.05) is 16.8 Å². The number of piperidine rings is 1. The number of likely N-dealkylation sites (tertiary alicyclic amines) is 1. The molecule has 2 saturated heterocycles. The first-order valence-electron chi connectivity index (χ1n) is 12.1. The Balaban J connectivity index is 1.35. The van der Waals surface area contributed by atoms with Gasteiger partial charge in [-0.3, -0.25) is 14.3 Å². The maximum atomic E-state index is 13.4. The lowest BCUT2D eigenvalue weighted by Crippen LogP contribution is -2.46. The first-order valence-corrected chi connectivity index (χ1v) is 14.4. The summed E-state index contributed by atoms with van der Waals surface area (Å²) in [6, 6.07) is 7.68. The quantitative estimate of drug-likeness (QED) is 0.476. The number of hydrogen-bond donors (Lipinski definition) is 1. The van der Waals surface area contributed by atoms with Crippen LogP contribution in [0.1, 0.15) is 53.4 Å². The van der Waals surface area contributed by atoms with Gasteiger partial charge in [-0.15, -0.1) is 23.1 Å². The number of nitrogens with one attached hydrogen (secondary N) is 1. The van der Waals surface area contributed by atoms with Crippen molar-refractivity contribution < 1.29 is 14.1 Å². The van der Waals surface area contributed by atoms with Gasteiger partial charge in [0.2, 0.25) is 0 Å². The molecule has 2 aliphatic heterocycles. The van der Waals surface area contributed by atoms with Crippen LogP contribution in [0.4, 0.5) is 0 Å². The van der Waals surface area contributed by atoms with Crippen LogP contribution in [0.2, 0.25) is 4.34 Å². The fourth-order valence-corrected chi connectivity index (χ4v) is 6.42. The highest BCUT2D eigenvalue weighted by Gasteiger charge is 2.28. The van der Waals surface area contributed by atoms with E-state index in [2.05, 4.69) is 34.3 Å². The molecule has 192 valence electrons. The fourth-order valence-electron chi connectivity index (χ4n) is 4.48. The van der Waals surface area contributed by atoms with Gasteiger partial charge in [0.05, 0.1) is 21.6 Å². The number of hydrogen-bond acceptors (Lipinski definition) is 8. The Labute approximate surface area is 223 Å². The van der Waals surface area contributed by atoms with Crippen LogP contribution in [0.15, 0.2) is 28.8 Å². The van der Waals surface area contributed by atoms with E-state index < -0.39 is 0 Å². The summed E-state index contributed by atoms with van der Waals surface area (Å²) in [7, 11) is 0. The highest BCUT2D eigenvalue weighted by atomic mass is 35.5. The highest BCUT2D eigenvalue weighted by Crippen LogP contribution is 2.31. The summed E-state index contributed by atoms with van der Waals surface area (Å²) in [5.41, 5.74) is 1.22.